The Hall–Kier alpha value is -3.35. The van der Waals surface area contributed by atoms with E-state index in [4.69, 9.17) is 4.74 Å². The van der Waals surface area contributed by atoms with Crippen LogP contribution in [0.15, 0.2) is 65.5 Å². The zero-order valence-corrected chi connectivity index (χ0v) is 15.7. The highest BCUT2D eigenvalue weighted by atomic mass is 16.5. The van der Waals surface area contributed by atoms with Crippen LogP contribution in [0, 0.1) is 0 Å². The number of carbonyl (C=O) groups excluding carboxylic acids is 3. The summed E-state index contributed by atoms with van der Waals surface area (Å²) in [4.78, 5) is 35.7. The number of ether oxygens (including phenoxy) is 1. The molecule has 7 heteroatoms. The number of benzene rings is 1. The minimum atomic E-state index is -0.796. The van der Waals surface area contributed by atoms with Gasteiger partial charge >= 0.3 is 6.09 Å². The number of hydrogen-bond acceptors (Lipinski definition) is 5. The van der Waals surface area contributed by atoms with Crippen molar-refractivity contribution >= 4 is 24.0 Å². The zero-order valence-electron chi connectivity index (χ0n) is 15.7. The van der Waals surface area contributed by atoms with Gasteiger partial charge in [-0.25, -0.2) is 4.79 Å². The molecule has 2 amide bonds. The van der Waals surface area contributed by atoms with Crippen molar-refractivity contribution in [1.82, 2.24) is 10.6 Å². The summed E-state index contributed by atoms with van der Waals surface area (Å²) in [5.74, 6) is -0.566. The van der Waals surface area contributed by atoms with Crippen molar-refractivity contribution in [2.45, 2.75) is 20.3 Å². The summed E-state index contributed by atoms with van der Waals surface area (Å²) >= 11 is 0. The van der Waals surface area contributed by atoms with Crippen molar-refractivity contribution in [2.24, 2.45) is 0 Å². The molecule has 0 aliphatic heterocycles. The van der Waals surface area contributed by atoms with Crippen LogP contribution in [0.5, 0.6) is 0 Å². The molecule has 0 unspecified atom stereocenters. The molecule has 1 rings (SSSR count). The standard InChI is InChI=1S/C20H25N3O4/c1-4-9-15(5-2)14-27-20(26)23-18(17(21-3)12-13-24)19(25)22-16-10-7-6-8-11-16/h4-11,13,21H,12,14H2,1-3H3,(H,22,25)(H,23,26)/b9-4-,15-5+,18-17+. The molecule has 27 heavy (non-hydrogen) atoms. The Morgan fingerprint density at radius 3 is 2.41 bits per heavy atom. The van der Waals surface area contributed by atoms with Crippen LogP contribution in [0.4, 0.5) is 10.5 Å². The first-order valence-electron chi connectivity index (χ1n) is 8.48. The van der Waals surface area contributed by atoms with E-state index in [1.165, 1.54) is 0 Å². The number of rotatable bonds is 9. The molecule has 0 aliphatic rings. The van der Waals surface area contributed by atoms with E-state index >= 15 is 0 Å². The second-order valence-electron chi connectivity index (χ2n) is 5.36. The fourth-order valence-corrected chi connectivity index (χ4v) is 2.13. The van der Waals surface area contributed by atoms with Crippen LogP contribution in [-0.2, 0) is 14.3 Å². The molecular formula is C20H25N3O4. The van der Waals surface area contributed by atoms with Gasteiger partial charge in [0.2, 0.25) is 0 Å². The van der Waals surface area contributed by atoms with E-state index in [1.807, 2.05) is 38.1 Å². The summed E-state index contributed by atoms with van der Waals surface area (Å²) in [5.41, 5.74) is 1.57. The van der Waals surface area contributed by atoms with Crippen LogP contribution in [0.25, 0.3) is 0 Å². The highest BCUT2D eigenvalue weighted by Crippen LogP contribution is 2.10. The molecule has 1 aromatic carbocycles. The van der Waals surface area contributed by atoms with E-state index in [1.54, 1.807) is 31.3 Å². The van der Waals surface area contributed by atoms with Crippen LogP contribution in [0.3, 0.4) is 0 Å². The van der Waals surface area contributed by atoms with E-state index in [0.717, 1.165) is 5.57 Å². The van der Waals surface area contributed by atoms with Gasteiger partial charge in [0.1, 0.15) is 18.6 Å². The van der Waals surface area contributed by atoms with Gasteiger partial charge in [-0.1, -0.05) is 36.4 Å². The lowest BCUT2D eigenvalue weighted by Crippen LogP contribution is -2.35. The Bertz CT molecular complexity index is 737. The lowest BCUT2D eigenvalue weighted by molar-refractivity contribution is -0.113. The molecule has 0 aliphatic carbocycles. The number of anilines is 1. The van der Waals surface area contributed by atoms with Gasteiger partial charge in [-0.15, -0.1) is 0 Å². The molecule has 1 aromatic rings. The minimum Gasteiger partial charge on any atom is -0.444 e. The van der Waals surface area contributed by atoms with Crippen LogP contribution in [-0.4, -0.2) is 31.9 Å². The van der Waals surface area contributed by atoms with E-state index in [0.29, 0.717) is 12.0 Å². The number of hydrogen-bond donors (Lipinski definition) is 3. The average molecular weight is 371 g/mol. The molecule has 0 bridgehead atoms. The summed E-state index contributed by atoms with van der Waals surface area (Å²) in [6, 6.07) is 8.77. The normalized spacial score (nSPS) is 12.2. The SMILES string of the molecule is C/C=C\C(=C/C)COC(=O)N/C(C(=O)Nc1ccccc1)=C(\CC=O)NC. The lowest BCUT2D eigenvalue weighted by atomic mass is 10.2. The van der Waals surface area contributed by atoms with E-state index in [9.17, 15) is 14.4 Å². The molecule has 0 heterocycles. The number of alkyl carbamates (subject to hydrolysis) is 1. The molecule has 0 saturated carbocycles. The topological polar surface area (TPSA) is 96.5 Å². The Balaban J connectivity index is 2.93. The molecule has 0 radical (unpaired) electrons. The Morgan fingerprint density at radius 2 is 1.85 bits per heavy atom. The van der Waals surface area contributed by atoms with Gasteiger partial charge in [-0.3, -0.25) is 10.1 Å². The second kappa shape index (κ2) is 12.1. The van der Waals surface area contributed by atoms with E-state index < -0.39 is 12.0 Å². The maximum atomic E-state index is 12.6. The fraction of sp³-hybridized carbons (Fsp3) is 0.250. The molecule has 144 valence electrons. The summed E-state index contributed by atoms with van der Waals surface area (Å²) in [6.45, 7) is 3.75. The largest absolute Gasteiger partial charge is 0.444 e. The maximum absolute atomic E-state index is 12.6. The Kier molecular flexibility index (Phi) is 9.70. The van der Waals surface area contributed by atoms with Gasteiger partial charge in [-0.2, -0.15) is 0 Å². The minimum absolute atomic E-state index is 0.0584. The predicted molar refractivity (Wildman–Crippen MR) is 105 cm³/mol. The van der Waals surface area contributed by atoms with Crippen molar-refractivity contribution < 1.29 is 19.1 Å². The summed E-state index contributed by atoms with van der Waals surface area (Å²) in [5, 5.41) is 7.87. The number of aldehydes is 1. The maximum Gasteiger partial charge on any atom is 0.412 e. The van der Waals surface area contributed by atoms with Crippen molar-refractivity contribution in [3.05, 3.63) is 65.5 Å². The number of nitrogens with one attached hydrogen (secondary N) is 3. The smallest absolute Gasteiger partial charge is 0.412 e. The average Bonchev–Trinajstić information content (AvgIpc) is 2.68. The molecule has 0 saturated heterocycles. The van der Waals surface area contributed by atoms with Gasteiger partial charge in [0.15, 0.2) is 0 Å². The third-order valence-corrected chi connectivity index (χ3v) is 3.50. The number of para-hydroxylation sites is 1. The number of amides is 2. The summed E-state index contributed by atoms with van der Waals surface area (Å²) < 4.78 is 5.15. The zero-order chi connectivity index (χ0) is 20.1. The van der Waals surface area contributed by atoms with Gasteiger partial charge in [-0.05, 0) is 31.6 Å². The second-order valence-corrected chi connectivity index (χ2v) is 5.36. The predicted octanol–water partition coefficient (Wildman–Crippen LogP) is 2.89. The van der Waals surface area contributed by atoms with Crippen molar-refractivity contribution in [3.63, 3.8) is 0 Å². The molecular weight excluding hydrogens is 346 g/mol. The summed E-state index contributed by atoms with van der Waals surface area (Å²) in [6.07, 6.45) is 5.25. The summed E-state index contributed by atoms with van der Waals surface area (Å²) in [7, 11) is 1.56. The van der Waals surface area contributed by atoms with E-state index in [2.05, 4.69) is 16.0 Å². The molecule has 3 N–H and O–H groups in total. The van der Waals surface area contributed by atoms with Crippen molar-refractivity contribution in [1.29, 1.82) is 0 Å². The highest BCUT2D eigenvalue weighted by Gasteiger charge is 2.19. The van der Waals surface area contributed by atoms with Crippen molar-refractivity contribution in [2.75, 3.05) is 19.0 Å². The third kappa shape index (κ3) is 7.60. The van der Waals surface area contributed by atoms with Gasteiger partial charge in [0.25, 0.3) is 5.91 Å². The highest BCUT2D eigenvalue weighted by molar-refractivity contribution is 6.06. The number of carbonyl (C=O) groups is 3. The Morgan fingerprint density at radius 1 is 1.15 bits per heavy atom. The third-order valence-electron chi connectivity index (χ3n) is 3.50. The van der Waals surface area contributed by atoms with Crippen LogP contribution < -0.4 is 16.0 Å². The van der Waals surface area contributed by atoms with Crippen molar-refractivity contribution in [3.8, 4) is 0 Å². The van der Waals surface area contributed by atoms with Crippen LogP contribution in [0.2, 0.25) is 0 Å². The van der Waals surface area contributed by atoms with E-state index in [-0.39, 0.29) is 24.4 Å². The molecule has 0 spiro atoms. The van der Waals surface area contributed by atoms with Gasteiger partial charge in [0, 0.05) is 24.9 Å². The van der Waals surface area contributed by atoms with Gasteiger partial charge < -0.3 is 20.2 Å². The first kappa shape index (κ1) is 21.7. The molecule has 0 fully saturated rings. The molecule has 0 aromatic heterocycles. The quantitative estimate of drug-likeness (QED) is 0.352. The fourth-order valence-electron chi connectivity index (χ4n) is 2.13. The van der Waals surface area contributed by atoms with Gasteiger partial charge in [0.05, 0.1) is 0 Å². The monoisotopic (exact) mass is 371 g/mol. The molecule has 7 nitrogen and oxygen atoms in total. The van der Waals surface area contributed by atoms with Crippen LogP contribution in [0.1, 0.15) is 20.3 Å². The molecule has 0 atom stereocenters. The lowest BCUT2D eigenvalue weighted by Gasteiger charge is -2.15. The van der Waals surface area contributed by atoms with Crippen LogP contribution >= 0.6 is 0 Å². The first-order valence-corrected chi connectivity index (χ1v) is 8.48. The first-order chi connectivity index (χ1) is 13.0. The number of allylic oxidation sites excluding steroid dienone is 3. The Labute approximate surface area is 159 Å².